The van der Waals surface area contributed by atoms with Gasteiger partial charge in [0.25, 0.3) is 0 Å². The van der Waals surface area contributed by atoms with Crippen LogP contribution in [0.2, 0.25) is 0 Å². The second-order valence-corrected chi connectivity index (χ2v) is 9.85. The summed E-state index contributed by atoms with van der Waals surface area (Å²) in [7, 11) is 0. The fraction of sp³-hybridized carbons (Fsp3) is 0.259. The second kappa shape index (κ2) is 9.46. The van der Waals surface area contributed by atoms with E-state index >= 15 is 0 Å². The van der Waals surface area contributed by atoms with Crippen molar-refractivity contribution in [2.75, 3.05) is 5.32 Å². The molecule has 0 atom stereocenters. The SMILES string of the molecule is Cc1ccc(-c2csc3nc(NC(=O)CCc4ncc(-c5ccc(C(C)C)cc5)o4)nn23)c(C)c1. The van der Waals surface area contributed by atoms with Gasteiger partial charge in [0.15, 0.2) is 11.7 Å². The zero-order valence-corrected chi connectivity index (χ0v) is 21.0. The van der Waals surface area contributed by atoms with Crippen LogP contribution < -0.4 is 5.32 Å². The number of carbonyl (C=O) groups is 1. The summed E-state index contributed by atoms with van der Waals surface area (Å²) < 4.78 is 7.65. The molecule has 0 aliphatic rings. The smallest absolute Gasteiger partial charge is 0.250 e. The Labute approximate surface area is 207 Å². The average molecular weight is 486 g/mol. The number of thiazole rings is 1. The van der Waals surface area contributed by atoms with E-state index in [1.807, 2.05) is 17.5 Å². The summed E-state index contributed by atoms with van der Waals surface area (Å²) in [5.74, 6) is 1.82. The van der Waals surface area contributed by atoms with Crippen LogP contribution in [0.15, 0.2) is 58.5 Å². The zero-order valence-electron chi connectivity index (χ0n) is 20.2. The van der Waals surface area contributed by atoms with Crippen molar-refractivity contribution < 1.29 is 9.21 Å². The van der Waals surface area contributed by atoms with Crippen molar-refractivity contribution >= 4 is 28.2 Å². The summed E-state index contributed by atoms with van der Waals surface area (Å²) in [6, 6.07) is 14.6. The van der Waals surface area contributed by atoms with Gasteiger partial charge >= 0.3 is 0 Å². The third kappa shape index (κ3) is 4.88. The Bertz CT molecular complexity index is 1490. The third-order valence-corrected chi connectivity index (χ3v) is 6.79. The van der Waals surface area contributed by atoms with Gasteiger partial charge in [-0.25, -0.2) is 9.50 Å². The number of amides is 1. The van der Waals surface area contributed by atoms with Crippen molar-refractivity contribution in [2.24, 2.45) is 0 Å². The number of benzene rings is 2. The number of anilines is 1. The second-order valence-electron chi connectivity index (χ2n) is 9.01. The summed E-state index contributed by atoms with van der Waals surface area (Å²) >= 11 is 1.50. The molecule has 5 aromatic rings. The van der Waals surface area contributed by atoms with E-state index in [1.165, 1.54) is 28.0 Å². The summed E-state index contributed by atoms with van der Waals surface area (Å²) in [5, 5.41) is 9.35. The Hall–Kier alpha value is -3.78. The minimum atomic E-state index is -0.183. The van der Waals surface area contributed by atoms with Gasteiger partial charge in [-0.15, -0.1) is 16.4 Å². The van der Waals surface area contributed by atoms with Crippen molar-refractivity contribution in [1.82, 2.24) is 19.6 Å². The van der Waals surface area contributed by atoms with Gasteiger partial charge in [0.05, 0.1) is 11.9 Å². The molecule has 1 N–H and O–H groups in total. The minimum Gasteiger partial charge on any atom is -0.441 e. The molecule has 0 saturated carbocycles. The van der Waals surface area contributed by atoms with Crippen molar-refractivity contribution in [3.05, 3.63) is 76.6 Å². The molecule has 7 nitrogen and oxygen atoms in total. The van der Waals surface area contributed by atoms with Gasteiger partial charge in [0, 0.05) is 29.3 Å². The topological polar surface area (TPSA) is 85.3 Å². The van der Waals surface area contributed by atoms with E-state index in [0.29, 0.717) is 29.9 Å². The number of fused-ring (bicyclic) bond motifs is 1. The first kappa shape index (κ1) is 23.0. The van der Waals surface area contributed by atoms with Crippen LogP contribution in [0.5, 0.6) is 0 Å². The Morgan fingerprint density at radius 1 is 1.14 bits per heavy atom. The van der Waals surface area contributed by atoms with Crippen molar-refractivity contribution in [2.45, 2.75) is 46.5 Å². The van der Waals surface area contributed by atoms with Gasteiger partial charge in [0.2, 0.25) is 16.8 Å². The minimum absolute atomic E-state index is 0.183. The first-order valence-electron chi connectivity index (χ1n) is 11.6. The van der Waals surface area contributed by atoms with Crippen molar-refractivity contribution in [1.29, 1.82) is 0 Å². The summed E-state index contributed by atoms with van der Waals surface area (Å²) in [6.45, 7) is 8.49. The maximum Gasteiger partial charge on any atom is 0.250 e. The van der Waals surface area contributed by atoms with Crippen molar-refractivity contribution in [3.63, 3.8) is 0 Å². The standard InChI is InChI=1S/C27H27N5O2S/c1-16(2)19-6-8-20(9-7-19)23-14-28-25(34-23)12-11-24(33)29-26-30-27-32(31-26)22(15-35-27)21-10-5-17(3)13-18(21)4/h5-10,13-16H,11-12H2,1-4H3,(H,29,31,33). The molecule has 0 unspecified atom stereocenters. The van der Waals surface area contributed by atoms with E-state index in [9.17, 15) is 4.79 Å². The van der Waals surface area contributed by atoms with Crippen LogP contribution in [0, 0.1) is 13.8 Å². The normalized spacial score (nSPS) is 11.5. The lowest BCUT2D eigenvalue weighted by Gasteiger charge is -2.05. The Morgan fingerprint density at radius 3 is 2.69 bits per heavy atom. The number of nitrogens with zero attached hydrogens (tertiary/aromatic N) is 4. The van der Waals surface area contributed by atoms with E-state index < -0.39 is 0 Å². The van der Waals surface area contributed by atoms with Crippen LogP contribution in [0.3, 0.4) is 0 Å². The fourth-order valence-electron chi connectivity index (χ4n) is 4.02. The van der Waals surface area contributed by atoms with E-state index in [-0.39, 0.29) is 12.3 Å². The molecular formula is C27H27N5O2S. The molecule has 0 spiro atoms. The molecule has 1 amide bonds. The van der Waals surface area contributed by atoms with Gasteiger partial charge in [-0.05, 0) is 30.9 Å². The van der Waals surface area contributed by atoms with Crippen LogP contribution in [0.25, 0.3) is 27.5 Å². The zero-order chi connectivity index (χ0) is 24.5. The number of hydrogen-bond acceptors (Lipinski definition) is 6. The lowest BCUT2D eigenvalue weighted by atomic mass is 10.0. The van der Waals surface area contributed by atoms with E-state index in [0.717, 1.165) is 21.8 Å². The number of carbonyl (C=O) groups excluding carboxylic acids is 1. The summed E-state index contributed by atoms with van der Waals surface area (Å²) in [6.07, 6.45) is 2.33. The quantitative estimate of drug-likeness (QED) is 0.287. The average Bonchev–Trinajstić information content (AvgIpc) is 3.54. The number of rotatable bonds is 7. The van der Waals surface area contributed by atoms with Crippen LogP contribution in [-0.4, -0.2) is 25.5 Å². The Morgan fingerprint density at radius 2 is 1.94 bits per heavy atom. The highest BCUT2D eigenvalue weighted by atomic mass is 32.1. The molecule has 0 aliphatic heterocycles. The van der Waals surface area contributed by atoms with Crippen LogP contribution >= 0.6 is 11.3 Å². The lowest BCUT2D eigenvalue weighted by Crippen LogP contribution is -2.13. The van der Waals surface area contributed by atoms with Gasteiger partial charge in [-0.3, -0.25) is 10.1 Å². The molecule has 0 bridgehead atoms. The first-order chi connectivity index (χ1) is 16.9. The molecule has 5 rings (SSSR count). The monoisotopic (exact) mass is 485 g/mol. The third-order valence-electron chi connectivity index (χ3n) is 5.97. The van der Waals surface area contributed by atoms with Crippen molar-refractivity contribution in [3.8, 4) is 22.6 Å². The lowest BCUT2D eigenvalue weighted by molar-refractivity contribution is -0.116. The van der Waals surface area contributed by atoms with E-state index in [4.69, 9.17) is 4.42 Å². The van der Waals surface area contributed by atoms with E-state index in [1.54, 1.807) is 10.7 Å². The van der Waals surface area contributed by atoms with E-state index in [2.05, 4.69) is 78.4 Å². The molecule has 3 heterocycles. The molecule has 0 radical (unpaired) electrons. The first-order valence-corrected chi connectivity index (χ1v) is 12.5. The highest BCUT2D eigenvalue weighted by molar-refractivity contribution is 7.15. The fourth-order valence-corrected chi connectivity index (χ4v) is 4.84. The molecule has 35 heavy (non-hydrogen) atoms. The predicted molar refractivity (Wildman–Crippen MR) is 139 cm³/mol. The summed E-state index contributed by atoms with van der Waals surface area (Å²) in [5.41, 5.74) is 6.70. The molecule has 178 valence electrons. The van der Waals surface area contributed by atoms with Gasteiger partial charge in [0.1, 0.15) is 0 Å². The number of oxazole rings is 1. The maximum absolute atomic E-state index is 12.5. The number of hydrogen-bond donors (Lipinski definition) is 1. The molecule has 8 heteroatoms. The van der Waals surface area contributed by atoms with Crippen LogP contribution in [0.4, 0.5) is 5.95 Å². The number of nitrogens with one attached hydrogen (secondary N) is 1. The number of aromatic nitrogens is 4. The Balaban J connectivity index is 1.22. The summed E-state index contributed by atoms with van der Waals surface area (Å²) in [4.78, 5) is 22.1. The molecule has 2 aromatic carbocycles. The molecule has 0 saturated heterocycles. The van der Waals surface area contributed by atoms with Gasteiger partial charge in [-0.2, -0.15) is 4.98 Å². The Kier molecular flexibility index (Phi) is 6.21. The van der Waals surface area contributed by atoms with Gasteiger partial charge in [-0.1, -0.05) is 61.9 Å². The molecular weight excluding hydrogens is 458 g/mol. The van der Waals surface area contributed by atoms with Crippen LogP contribution in [0.1, 0.15) is 48.8 Å². The van der Waals surface area contributed by atoms with Gasteiger partial charge < -0.3 is 4.42 Å². The highest BCUT2D eigenvalue weighted by Crippen LogP contribution is 2.29. The highest BCUT2D eigenvalue weighted by Gasteiger charge is 2.15. The largest absolute Gasteiger partial charge is 0.441 e. The molecule has 0 fully saturated rings. The van der Waals surface area contributed by atoms with Crippen LogP contribution in [-0.2, 0) is 11.2 Å². The maximum atomic E-state index is 12.5. The predicted octanol–water partition coefficient (Wildman–Crippen LogP) is 6.42. The number of aryl methyl sites for hydroxylation is 3. The molecule has 3 aromatic heterocycles. The molecule has 0 aliphatic carbocycles.